The maximum atomic E-state index is 13.2. The molecule has 0 aliphatic carbocycles. The van der Waals surface area contributed by atoms with Crippen LogP contribution in [-0.4, -0.2) is 65.5 Å². The van der Waals surface area contributed by atoms with Crippen LogP contribution in [0.15, 0.2) is 54.1 Å². The third-order valence-electron chi connectivity index (χ3n) is 6.26. The standard InChI is InChI=1S/C29H38N2O5/c1-6-19-35-23-13-11-22(12-14-23)27(32)25-26(21-9-15-24(16-10-21)36-20(4)5)31(29(34)28(25)33)18-17-30(7-2)8-3/h9-16,20,26,32H,6-8,17-19H2,1-5H3/b27-25+/t26-/m1/s1. The molecule has 1 amide bonds. The Morgan fingerprint density at radius 2 is 1.58 bits per heavy atom. The molecule has 0 aromatic heterocycles. The van der Waals surface area contributed by atoms with E-state index in [1.165, 1.54) is 0 Å². The van der Waals surface area contributed by atoms with Crippen molar-refractivity contribution in [1.29, 1.82) is 0 Å². The highest BCUT2D eigenvalue weighted by molar-refractivity contribution is 6.46. The molecule has 1 heterocycles. The Kier molecular flexibility index (Phi) is 9.53. The maximum Gasteiger partial charge on any atom is 0.295 e. The highest BCUT2D eigenvalue weighted by atomic mass is 16.5. The zero-order valence-corrected chi connectivity index (χ0v) is 22.0. The van der Waals surface area contributed by atoms with E-state index in [1.807, 2.05) is 45.0 Å². The molecule has 2 aromatic rings. The lowest BCUT2D eigenvalue weighted by Crippen LogP contribution is -2.38. The van der Waals surface area contributed by atoms with Crippen LogP contribution >= 0.6 is 0 Å². The number of hydrogen-bond donors (Lipinski definition) is 1. The number of ether oxygens (including phenoxy) is 2. The Balaban J connectivity index is 2.02. The van der Waals surface area contributed by atoms with Gasteiger partial charge >= 0.3 is 0 Å². The van der Waals surface area contributed by atoms with E-state index in [0.717, 1.165) is 25.1 Å². The van der Waals surface area contributed by atoms with Gasteiger partial charge in [-0.1, -0.05) is 32.9 Å². The van der Waals surface area contributed by atoms with Crippen LogP contribution in [-0.2, 0) is 9.59 Å². The molecule has 2 aromatic carbocycles. The molecule has 3 rings (SSSR count). The third kappa shape index (κ3) is 6.26. The SMILES string of the molecule is CCCOc1ccc(/C(O)=C2\C(=O)C(=O)N(CCN(CC)CC)[C@@H]2c2ccc(OC(C)C)cc2)cc1. The number of carbonyl (C=O) groups is 2. The summed E-state index contributed by atoms with van der Waals surface area (Å²) in [7, 11) is 0. The van der Waals surface area contributed by atoms with Gasteiger partial charge in [0.25, 0.3) is 11.7 Å². The van der Waals surface area contributed by atoms with Gasteiger partial charge in [-0.2, -0.15) is 0 Å². The summed E-state index contributed by atoms with van der Waals surface area (Å²) in [6, 6.07) is 13.6. The van der Waals surface area contributed by atoms with Crippen molar-refractivity contribution in [2.75, 3.05) is 32.8 Å². The second-order valence-electron chi connectivity index (χ2n) is 9.13. The van der Waals surface area contributed by atoms with E-state index in [-0.39, 0.29) is 17.4 Å². The lowest BCUT2D eigenvalue weighted by molar-refractivity contribution is -0.140. The fourth-order valence-corrected chi connectivity index (χ4v) is 4.33. The first-order valence-corrected chi connectivity index (χ1v) is 12.8. The Morgan fingerprint density at radius 1 is 0.972 bits per heavy atom. The zero-order chi connectivity index (χ0) is 26.2. The molecule has 1 saturated heterocycles. The minimum Gasteiger partial charge on any atom is -0.507 e. The van der Waals surface area contributed by atoms with Crippen molar-refractivity contribution in [2.45, 2.75) is 53.2 Å². The maximum absolute atomic E-state index is 13.2. The molecule has 1 atom stereocenters. The number of likely N-dealkylation sites (tertiary alicyclic amines) is 1. The van der Waals surface area contributed by atoms with E-state index in [0.29, 0.717) is 36.8 Å². The van der Waals surface area contributed by atoms with E-state index in [2.05, 4.69) is 18.7 Å². The van der Waals surface area contributed by atoms with Crippen LogP contribution in [0.25, 0.3) is 5.76 Å². The van der Waals surface area contributed by atoms with Gasteiger partial charge in [-0.05, 0) is 75.3 Å². The minimum atomic E-state index is -0.690. The van der Waals surface area contributed by atoms with Gasteiger partial charge in [-0.15, -0.1) is 0 Å². The van der Waals surface area contributed by atoms with Crippen molar-refractivity contribution in [3.63, 3.8) is 0 Å². The molecule has 1 aliphatic rings. The first kappa shape index (κ1) is 27.3. The Hall–Kier alpha value is -3.32. The van der Waals surface area contributed by atoms with Gasteiger partial charge in [0.1, 0.15) is 17.3 Å². The summed E-state index contributed by atoms with van der Waals surface area (Å²) in [5.41, 5.74) is 1.30. The van der Waals surface area contributed by atoms with E-state index in [1.54, 1.807) is 29.2 Å². The Morgan fingerprint density at radius 3 is 2.14 bits per heavy atom. The van der Waals surface area contributed by atoms with Gasteiger partial charge in [0.05, 0.1) is 24.3 Å². The van der Waals surface area contributed by atoms with Gasteiger partial charge in [-0.3, -0.25) is 9.59 Å². The number of hydrogen-bond acceptors (Lipinski definition) is 6. The summed E-state index contributed by atoms with van der Waals surface area (Å²) in [5, 5.41) is 11.3. The van der Waals surface area contributed by atoms with Crippen molar-refractivity contribution < 1.29 is 24.2 Å². The van der Waals surface area contributed by atoms with Gasteiger partial charge in [0, 0.05) is 18.7 Å². The van der Waals surface area contributed by atoms with Crippen molar-refractivity contribution in [2.24, 2.45) is 0 Å². The van der Waals surface area contributed by atoms with Crippen LogP contribution in [0, 0.1) is 0 Å². The first-order valence-electron chi connectivity index (χ1n) is 12.8. The van der Waals surface area contributed by atoms with Crippen LogP contribution in [0.1, 0.15) is 58.2 Å². The molecule has 0 radical (unpaired) electrons. The summed E-state index contributed by atoms with van der Waals surface area (Å²) in [6.45, 7) is 13.4. The van der Waals surface area contributed by atoms with E-state index in [9.17, 15) is 14.7 Å². The molecule has 7 heteroatoms. The molecule has 1 N–H and O–H groups in total. The number of likely N-dealkylation sites (N-methyl/N-ethyl adjacent to an activating group) is 1. The fourth-order valence-electron chi connectivity index (χ4n) is 4.33. The van der Waals surface area contributed by atoms with Crippen LogP contribution in [0.4, 0.5) is 0 Å². The largest absolute Gasteiger partial charge is 0.507 e. The lowest BCUT2D eigenvalue weighted by Gasteiger charge is -2.28. The fraction of sp³-hybridized carbons (Fsp3) is 0.448. The lowest BCUT2D eigenvalue weighted by atomic mass is 9.95. The van der Waals surface area contributed by atoms with Crippen molar-refractivity contribution in [3.8, 4) is 11.5 Å². The predicted octanol–water partition coefficient (Wildman–Crippen LogP) is 5.03. The number of benzene rings is 2. The molecule has 194 valence electrons. The van der Waals surface area contributed by atoms with Gasteiger partial charge in [0.15, 0.2) is 0 Å². The van der Waals surface area contributed by atoms with Crippen molar-refractivity contribution >= 4 is 17.4 Å². The van der Waals surface area contributed by atoms with Gasteiger partial charge in [-0.25, -0.2) is 0 Å². The Bertz CT molecular complexity index is 1060. The molecule has 1 aliphatic heterocycles. The van der Waals surface area contributed by atoms with E-state index < -0.39 is 17.7 Å². The van der Waals surface area contributed by atoms with Crippen molar-refractivity contribution in [3.05, 3.63) is 65.2 Å². The number of nitrogens with zero attached hydrogens (tertiary/aromatic N) is 2. The number of Topliss-reactive ketones (excluding diaryl/α,β-unsaturated/α-hetero) is 1. The summed E-state index contributed by atoms with van der Waals surface area (Å²) >= 11 is 0. The number of amides is 1. The normalized spacial score (nSPS) is 17.3. The molecule has 0 bridgehead atoms. The average Bonchev–Trinajstić information content (AvgIpc) is 3.13. The topological polar surface area (TPSA) is 79.3 Å². The monoisotopic (exact) mass is 494 g/mol. The number of aliphatic hydroxyl groups is 1. The summed E-state index contributed by atoms with van der Waals surface area (Å²) in [4.78, 5) is 30.2. The minimum absolute atomic E-state index is 0.0276. The van der Waals surface area contributed by atoms with E-state index in [4.69, 9.17) is 9.47 Å². The molecule has 0 spiro atoms. The third-order valence-corrected chi connectivity index (χ3v) is 6.26. The van der Waals surface area contributed by atoms with Crippen LogP contribution < -0.4 is 9.47 Å². The zero-order valence-electron chi connectivity index (χ0n) is 22.0. The van der Waals surface area contributed by atoms with Gasteiger partial charge < -0.3 is 24.4 Å². The number of carbonyl (C=O) groups excluding carboxylic acids is 2. The molecule has 7 nitrogen and oxygen atoms in total. The summed E-state index contributed by atoms with van der Waals surface area (Å²) in [6.07, 6.45) is 0.916. The summed E-state index contributed by atoms with van der Waals surface area (Å²) in [5.74, 6) is -0.0694. The predicted molar refractivity (Wildman–Crippen MR) is 141 cm³/mol. The molecular weight excluding hydrogens is 456 g/mol. The smallest absolute Gasteiger partial charge is 0.295 e. The molecule has 0 saturated carbocycles. The van der Waals surface area contributed by atoms with Crippen LogP contribution in [0.3, 0.4) is 0 Å². The number of rotatable bonds is 12. The molecule has 1 fully saturated rings. The highest BCUT2D eigenvalue weighted by Gasteiger charge is 2.46. The number of aliphatic hydroxyl groups excluding tert-OH is 1. The van der Waals surface area contributed by atoms with Crippen LogP contribution in [0.5, 0.6) is 11.5 Å². The second-order valence-corrected chi connectivity index (χ2v) is 9.13. The van der Waals surface area contributed by atoms with E-state index >= 15 is 0 Å². The highest BCUT2D eigenvalue weighted by Crippen LogP contribution is 2.40. The second kappa shape index (κ2) is 12.6. The Labute approximate surface area is 214 Å². The molecular formula is C29H38N2O5. The summed E-state index contributed by atoms with van der Waals surface area (Å²) < 4.78 is 11.4. The molecule has 0 unspecified atom stereocenters. The van der Waals surface area contributed by atoms with Crippen LogP contribution in [0.2, 0.25) is 0 Å². The van der Waals surface area contributed by atoms with Gasteiger partial charge in [0.2, 0.25) is 0 Å². The molecule has 36 heavy (non-hydrogen) atoms. The average molecular weight is 495 g/mol. The number of ketones is 1. The first-order chi connectivity index (χ1) is 17.3. The quantitative estimate of drug-likeness (QED) is 0.253. The van der Waals surface area contributed by atoms with Crippen molar-refractivity contribution in [1.82, 2.24) is 9.80 Å².